The monoisotopic (exact) mass is 363 g/mol. The number of carbonyl (C=O) groups excluding carboxylic acids is 2. The quantitative estimate of drug-likeness (QED) is 0.557. The summed E-state index contributed by atoms with van der Waals surface area (Å²) >= 11 is 0. The number of hydrogen-bond acceptors (Lipinski definition) is 5. The zero-order valence-corrected chi connectivity index (χ0v) is 14.2. The third-order valence-corrected chi connectivity index (χ3v) is 3.79. The van der Waals surface area contributed by atoms with Gasteiger partial charge < -0.3 is 20.8 Å². The first kappa shape index (κ1) is 17.9. The summed E-state index contributed by atoms with van der Waals surface area (Å²) in [7, 11) is 0. The van der Waals surface area contributed by atoms with Crippen LogP contribution in [0.15, 0.2) is 67.0 Å². The second-order valence-corrected chi connectivity index (χ2v) is 5.77. The lowest BCUT2D eigenvalue weighted by atomic mass is 10.1. The second-order valence-electron chi connectivity index (χ2n) is 5.77. The van der Waals surface area contributed by atoms with E-state index in [4.69, 9.17) is 0 Å². The molecule has 0 atom stereocenters. The molecule has 0 bridgehead atoms. The number of rotatable bonds is 5. The van der Waals surface area contributed by atoms with Gasteiger partial charge in [-0.2, -0.15) is 0 Å². The van der Waals surface area contributed by atoms with Gasteiger partial charge in [0.25, 0.3) is 11.8 Å². The number of para-hydroxylation sites is 1. The first-order chi connectivity index (χ1) is 13.0. The van der Waals surface area contributed by atoms with Gasteiger partial charge in [0.05, 0.1) is 5.56 Å². The molecule has 27 heavy (non-hydrogen) atoms. The van der Waals surface area contributed by atoms with Crippen LogP contribution in [0.4, 0.5) is 5.69 Å². The molecule has 3 rings (SSSR count). The van der Waals surface area contributed by atoms with Crippen LogP contribution in [0.25, 0.3) is 0 Å². The Bertz CT molecular complexity index is 954. The molecule has 7 heteroatoms. The molecule has 7 nitrogen and oxygen atoms in total. The Morgan fingerprint density at radius 1 is 0.889 bits per heavy atom. The summed E-state index contributed by atoms with van der Waals surface area (Å²) in [5.41, 5.74) is 1.81. The van der Waals surface area contributed by atoms with Gasteiger partial charge in [-0.05, 0) is 35.9 Å². The summed E-state index contributed by atoms with van der Waals surface area (Å²) in [6.07, 6.45) is 3.05. The number of aromatic hydroxyl groups is 2. The van der Waals surface area contributed by atoms with Crippen molar-refractivity contribution in [2.45, 2.75) is 6.54 Å². The third-order valence-electron chi connectivity index (χ3n) is 3.79. The molecule has 4 N–H and O–H groups in total. The SMILES string of the molecule is O=C(NCc1ccccc1NC(=O)c1cccnc1)c1cc(O)cc(O)c1. The fourth-order valence-electron chi connectivity index (χ4n) is 2.49. The van der Waals surface area contributed by atoms with E-state index in [9.17, 15) is 19.8 Å². The highest BCUT2D eigenvalue weighted by atomic mass is 16.3. The zero-order valence-electron chi connectivity index (χ0n) is 14.2. The van der Waals surface area contributed by atoms with E-state index >= 15 is 0 Å². The number of amides is 2. The van der Waals surface area contributed by atoms with E-state index in [2.05, 4.69) is 15.6 Å². The Morgan fingerprint density at radius 2 is 1.63 bits per heavy atom. The maximum Gasteiger partial charge on any atom is 0.257 e. The number of nitrogens with one attached hydrogen (secondary N) is 2. The van der Waals surface area contributed by atoms with Gasteiger partial charge in [0.15, 0.2) is 0 Å². The normalized spacial score (nSPS) is 10.2. The molecule has 0 fully saturated rings. The molecule has 0 aliphatic carbocycles. The number of hydrogen-bond donors (Lipinski definition) is 4. The van der Waals surface area contributed by atoms with Crippen LogP contribution >= 0.6 is 0 Å². The van der Waals surface area contributed by atoms with E-state index in [1.54, 1.807) is 42.6 Å². The average Bonchev–Trinajstić information content (AvgIpc) is 2.67. The van der Waals surface area contributed by atoms with Crippen molar-refractivity contribution in [1.82, 2.24) is 10.3 Å². The van der Waals surface area contributed by atoms with Crippen molar-refractivity contribution >= 4 is 17.5 Å². The van der Waals surface area contributed by atoms with Crippen LogP contribution in [0.2, 0.25) is 0 Å². The first-order valence-corrected chi connectivity index (χ1v) is 8.13. The van der Waals surface area contributed by atoms with Crippen LogP contribution in [0.5, 0.6) is 11.5 Å². The summed E-state index contributed by atoms with van der Waals surface area (Å²) in [4.78, 5) is 28.5. The lowest BCUT2D eigenvalue weighted by molar-refractivity contribution is 0.0949. The van der Waals surface area contributed by atoms with Gasteiger partial charge >= 0.3 is 0 Å². The van der Waals surface area contributed by atoms with Crippen molar-refractivity contribution < 1.29 is 19.8 Å². The summed E-state index contributed by atoms with van der Waals surface area (Å²) in [5.74, 6) is -1.18. The Morgan fingerprint density at radius 3 is 2.33 bits per heavy atom. The predicted molar refractivity (Wildman–Crippen MR) is 99.6 cm³/mol. The molecule has 0 saturated carbocycles. The minimum absolute atomic E-state index is 0.129. The van der Waals surface area contributed by atoms with Crippen LogP contribution in [-0.2, 0) is 6.54 Å². The first-order valence-electron chi connectivity index (χ1n) is 8.13. The van der Waals surface area contributed by atoms with Gasteiger partial charge in [-0.25, -0.2) is 0 Å². The van der Waals surface area contributed by atoms with Crippen molar-refractivity contribution in [3.8, 4) is 11.5 Å². The average molecular weight is 363 g/mol. The number of anilines is 1. The van der Waals surface area contributed by atoms with Crippen LogP contribution in [-0.4, -0.2) is 27.0 Å². The van der Waals surface area contributed by atoms with Gasteiger partial charge in [0, 0.05) is 36.3 Å². The highest BCUT2D eigenvalue weighted by Gasteiger charge is 2.12. The highest BCUT2D eigenvalue weighted by molar-refractivity contribution is 6.04. The Hall–Kier alpha value is -3.87. The van der Waals surface area contributed by atoms with Crippen LogP contribution < -0.4 is 10.6 Å². The highest BCUT2D eigenvalue weighted by Crippen LogP contribution is 2.21. The standard InChI is InChI=1S/C20H17N3O4/c24-16-8-15(9-17(25)10-16)19(26)22-12-13-4-1-2-6-18(13)23-20(27)14-5-3-7-21-11-14/h1-11,24-25H,12H2,(H,22,26)(H,23,27). The van der Waals surface area contributed by atoms with Crippen LogP contribution in [0, 0.1) is 0 Å². The number of phenols is 2. The van der Waals surface area contributed by atoms with E-state index in [1.165, 1.54) is 18.3 Å². The fraction of sp³-hybridized carbons (Fsp3) is 0.0500. The smallest absolute Gasteiger partial charge is 0.257 e. The Balaban J connectivity index is 1.71. The number of nitrogens with zero attached hydrogens (tertiary/aromatic N) is 1. The van der Waals surface area contributed by atoms with Crippen molar-refractivity contribution in [2.24, 2.45) is 0 Å². The minimum atomic E-state index is -0.463. The van der Waals surface area contributed by atoms with Gasteiger partial charge in [0.1, 0.15) is 11.5 Å². The summed E-state index contributed by atoms with van der Waals surface area (Å²) < 4.78 is 0. The molecular weight excluding hydrogens is 346 g/mol. The molecule has 0 aliphatic rings. The molecule has 0 saturated heterocycles. The van der Waals surface area contributed by atoms with Gasteiger partial charge in [-0.15, -0.1) is 0 Å². The molecule has 0 unspecified atom stereocenters. The van der Waals surface area contributed by atoms with E-state index in [1.807, 2.05) is 0 Å². The van der Waals surface area contributed by atoms with Crippen LogP contribution in [0.3, 0.4) is 0 Å². The molecule has 3 aromatic rings. The number of carbonyl (C=O) groups is 2. The second kappa shape index (κ2) is 8.01. The molecule has 1 aromatic heterocycles. The number of aromatic nitrogens is 1. The Kier molecular flexibility index (Phi) is 5.32. The van der Waals surface area contributed by atoms with Gasteiger partial charge in [-0.3, -0.25) is 14.6 Å². The lowest BCUT2D eigenvalue weighted by Crippen LogP contribution is -2.24. The fourth-order valence-corrected chi connectivity index (χ4v) is 2.49. The van der Waals surface area contributed by atoms with Crippen molar-refractivity contribution in [2.75, 3.05) is 5.32 Å². The van der Waals surface area contributed by atoms with Gasteiger partial charge in [-0.1, -0.05) is 18.2 Å². The van der Waals surface area contributed by atoms with E-state index in [0.29, 0.717) is 16.8 Å². The molecule has 0 radical (unpaired) electrons. The van der Waals surface area contributed by atoms with E-state index < -0.39 is 5.91 Å². The topological polar surface area (TPSA) is 112 Å². The predicted octanol–water partition coefficient (Wildman–Crippen LogP) is 2.68. The largest absolute Gasteiger partial charge is 0.508 e. The molecule has 136 valence electrons. The molecule has 0 aliphatic heterocycles. The molecule has 2 amide bonds. The molecular formula is C20H17N3O4. The van der Waals surface area contributed by atoms with E-state index in [-0.39, 0.29) is 29.5 Å². The molecule has 2 aromatic carbocycles. The van der Waals surface area contributed by atoms with Crippen molar-refractivity contribution in [3.05, 3.63) is 83.7 Å². The summed E-state index contributed by atoms with van der Waals surface area (Å²) in [6, 6.07) is 14.1. The van der Waals surface area contributed by atoms with E-state index in [0.717, 1.165) is 6.07 Å². The summed E-state index contributed by atoms with van der Waals surface area (Å²) in [5, 5.41) is 24.5. The van der Waals surface area contributed by atoms with Crippen molar-refractivity contribution in [3.63, 3.8) is 0 Å². The number of phenolic OH excluding ortho intramolecular Hbond substituents is 2. The maximum absolute atomic E-state index is 12.3. The van der Waals surface area contributed by atoms with Gasteiger partial charge in [0.2, 0.25) is 0 Å². The minimum Gasteiger partial charge on any atom is -0.508 e. The molecule has 1 heterocycles. The zero-order chi connectivity index (χ0) is 19.2. The maximum atomic E-state index is 12.3. The molecule has 0 spiro atoms. The van der Waals surface area contributed by atoms with Crippen LogP contribution in [0.1, 0.15) is 26.3 Å². The number of benzene rings is 2. The lowest BCUT2D eigenvalue weighted by Gasteiger charge is -2.12. The number of pyridine rings is 1. The third kappa shape index (κ3) is 4.60. The van der Waals surface area contributed by atoms with Crippen molar-refractivity contribution in [1.29, 1.82) is 0 Å². The Labute approximate surface area is 155 Å². The summed E-state index contributed by atoms with van der Waals surface area (Å²) in [6.45, 7) is 0.152.